The number of aromatic nitrogens is 3. The van der Waals surface area contributed by atoms with Gasteiger partial charge < -0.3 is 15.2 Å². The maximum atomic E-state index is 13.6. The molecule has 7 heteroatoms. The van der Waals surface area contributed by atoms with Crippen molar-refractivity contribution in [2.24, 2.45) is 0 Å². The number of methoxy groups -OCH3 is 1. The molecule has 0 aliphatic rings. The first-order chi connectivity index (χ1) is 9.72. The number of ether oxygens (including phenoxy) is 1. The summed E-state index contributed by atoms with van der Waals surface area (Å²) in [5, 5.41) is 19.6. The molecule has 0 amide bonds. The second-order valence-electron chi connectivity index (χ2n) is 4.25. The minimum Gasteiger partial charge on any atom is -0.497 e. The van der Waals surface area contributed by atoms with Gasteiger partial charge in [-0.2, -0.15) is 0 Å². The Hall–Kier alpha value is -2.15. The van der Waals surface area contributed by atoms with E-state index in [0.717, 1.165) is 0 Å². The normalized spacial score (nSPS) is 10.6. The fraction of sp³-hybridized carbons (Fsp3) is 0.385. The molecule has 1 heterocycles. The first kappa shape index (κ1) is 14.3. The van der Waals surface area contributed by atoms with Crippen LogP contribution in [0.25, 0.3) is 0 Å². The summed E-state index contributed by atoms with van der Waals surface area (Å²) < 4.78 is 20.3. The molecule has 108 valence electrons. The number of anilines is 1. The van der Waals surface area contributed by atoms with Crippen LogP contribution in [0.3, 0.4) is 0 Å². The van der Waals surface area contributed by atoms with Crippen LogP contribution >= 0.6 is 0 Å². The van der Waals surface area contributed by atoms with E-state index in [1.807, 2.05) is 0 Å². The summed E-state index contributed by atoms with van der Waals surface area (Å²) in [6, 6.07) is 4.50. The molecule has 2 aromatic rings. The largest absolute Gasteiger partial charge is 0.497 e. The van der Waals surface area contributed by atoms with Gasteiger partial charge in [0.25, 0.3) is 0 Å². The summed E-state index contributed by atoms with van der Waals surface area (Å²) in [6.07, 6.45) is 2.39. The van der Waals surface area contributed by atoms with Gasteiger partial charge in [0, 0.05) is 19.2 Å². The van der Waals surface area contributed by atoms with E-state index in [1.165, 1.54) is 13.2 Å². The van der Waals surface area contributed by atoms with Crippen molar-refractivity contribution in [2.45, 2.75) is 19.5 Å². The van der Waals surface area contributed by atoms with E-state index in [-0.39, 0.29) is 12.4 Å². The molecule has 0 bridgehead atoms. The highest BCUT2D eigenvalue weighted by atomic mass is 19.1. The Kier molecular flexibility index (Phi) is 4.89. The maximum Gasteiger partial charge on any atom is 0.146 e. The Morgan fingerprint density at radius 2 is 2.30 bits per heavy atom. The topological polar surface area (TPSA) is 72.2 Å². The number of benzene rings is 1. The van der Waals surface area contributed by atoms with Crippen molar-refractivity contribution in [3.8, 4) is 5.75 Å². The van der Waals surface area contributed by atoms with Crippen LogP contribution in [0.4, 0.5) is 10.1 Å². The van der Waals surface area contributed by atoms with Gasteiger partial charge in [-0.05, 0) is 18.6 Å². The van der Waals surface area contributed by atoms with Crippen molar-refractivity contribution in [3.05, 3.63) is 35.9 Å². The van der Waals surface area contributed by atoms with E-state index in [1.54, 1.807) is 23.0 Å². The van der Waals surface area contributed by atoms with Gasteiger partial charge in [-0.1, -0.05) is 5.21 Å². The van der Waals surface area contributed by atoms with Crippen molar-refractivity contribution in [1.82, 2.24) is 15.0 Å². The highest BCUT2D eigenvalue weighted by Gasteiger charge is 2.05. The second kappa shape index (κ2) is 6.85. The standard InChI is InChI=1S/C13H17FN4O2/c1-20-11-3-4-12(14)13(7-11)15-8-10-9-18(17-16-10)5-2-6-19/h3-4,7,9,15,19H,2,5-6,8H2,1H3. The maximum absolute atomic E-state index is 13.6. The van der Waals surface area contributed by atoms with Crippen LogP contribution < -0.4 is 10.1 Å². The summed E-state index contributed by atoms with van der Waals surface area (Å²) in [5.41, 5.74) is 1.06. The lowest BCUT2D eigenvalue weighted by Gasteiger charge is -2.07. The van der Waals surface area contributed by atoms with E-state index in [0.29, 0.717) is 36.6 Å². The number of hydrogen-bond acceptors (Lipinski definition) is 5. The fourth-order valence-electron chi connectivity index (χ4n) is 1.71. The molecule has 0 aliphatic heterocycles. The molecule has 0 radical (unpaired) electrons. The van der Waals surface area contributed by atoms with Crippen molar-refractivity contribution in [2.75, 3.05) is 19.0 Å². The number of aryl methyl sites for hydroxylation is 1. The van der Waals surface area contributed by atoms with Crippen LogP contribution in [0.2, 0.25) is 0 Å². The lowest BCUT2D eigenvalue weighted by atomic mass is 10.3. The number of rotatable bonds is 7. The number of aliphatic hydroxyl groups excluding tert-OH is 1. The Morgan fingerprint density at radius 3 is 3.05 bits per heavy atom. The summed E-state index contributed by atoms with van der Waals surface area (Å²) in [7, 11) is 1.53. The molecule has 0 unspecified atom stereocenters. The second-order valence-corrected chi connectivity index (χ2v) is 4.25. The number of hydrogen-bond donors (Lipinski definition) is 2. The predicted octanol–water partition coefficient (Wildman–Crippen LogP) is 1.42. The minimum atomic E-state index is -0.349. The quantitative estimate of drug-likeness (QED) is 0.802. The smallest absolute Gasteiger partial charge is 0.146 e. The average molecular weight is 280 g/mol. The van der Waals surface area contributed by atoms with Gasteiger partial charge in [-0.15, -0.1) is 5.10 Å². The van der Waals surface area contributed by atoms with Crippen LogP contribution in [0.1, 0.15) is 12.1 Å². The highest BCUT2D eigenvalue weighted by Crippen LogP contribution is 2.21. The van der Waals surface area contributed by atoms with Crippen molar-refractivity contribution in [1.29, 1.82) is 0 Å². The minimum absolute atomic E-state index is 0.114. The molecule has 2 rings (SSSR count). The van der Waals surface area contributed by atoms with Gasteiger partial charge in [0.15, 0.2) is 0 Å². The van der Waals surface area contributed by atoms with Crippen molar-refractivity contribution < 1.29 is 14.2 Å². The van der Waals surface area contributed by atoms with Crippen LogP contribution in [0, 0.1) is 5.82 Å². The zero-order valence-electron chi connectivity index (χ0n) is 11.2. The summed E-state index contributed by atoms with van der Waals surface area (Å²) in [4.78, 5) is 0. The van der Waals surface area contributed by atoms with Crippen LogP contribution in [-0.4, -0.2) is 33.8 Å². The first-order valence-corrected chi connectivity index (χ1v) is 6.30. The number of nitrogens with one attached hydrogen (secondary N) is 1. The predicted molar refractivity (Wildman–Crippen MR) is 72.0 cm³/mol. The molecule has 0 saturated carbocycles. The fourth-order valence-corrected chi connectivity index (χ4v) is 1.71. The van der Waals surface area contributed by atoms with Gasteiger partial charge >= 0.3 is 0 Å². The summed E-state index contributed by atoms with van der Waals surface area (Å²) in [6.45, 7) is 1.09. The van der Waals surface area contributed by atoms with Gasteiger partial charge in [-0.25, -0.2) is 4.39 Å². The Morgan fingerprint density at radius 1 is 1.45 bits per heavy atom. The molecule has 0 fully saturated rings. The zero-order valence-corrected chi connectivity index (χ0v) is 11.2. The Balaban J connectivity index is 1.96. The third-order valence-electron chi connectivity index (χ3n) is 2.76. The van der Waals surface area contributed by atoms with Crippen molar-refractivity contribution >= 4 is 5.69 Å². The van der Waals surface area contributed by atoms with Crippen LogP contribution in [-0.2, 0) is 13.1 Å². The number of aliphatic hydroxyl groups is 1. The molecule has 0 spiro atoms. The van der Waals surface area contributed by atoms with E-state index in [4.69, 9.17) is 9.84 Å². The molecule has 6 nitrogen and oxygen atoms in total. The van der Waals surface area contributed by atoms with Gasteiger partial charge in [0.2, 0.25) is 0 Å². The van der Waals surface area contributed by atoms with E-state index < -0.39 is 0 Å². The van der Waals surface area contributed by atoms with Gasteiger partial charge in [0.05, 0.1) is 25.5 Å². The molecule has 1 aromatic heterocycles. The molecule has 0 aliphatic carbocycles. The average Bonchev–Trinajstić information content (AvgIpc) is 2.92. The highest BCUT2D eigenvalue weighted by molar-refractivity contribution is 5.49. The summed E-state index contributed by atoms with van der Waals surface area (Å²) in [5.74, 6) is 0.235. The van der Waals surface area contributed by atoms with Crippen LogP contribution in [0.15, 0.2) is 24.4 Å². The molecule has 0 atom stereocenters. The Labute approximate surface area is 116 Å². The number of nitrogens with zero attached hydrogens (tertiary/aromatic N) is 3. The van der Waals surface area contributed by atoms with Gasteiger partial charge in [-0.3, -0.25) is 4.68 Å². The third-order valence-corrected chi connectivity index (χ3v) is 2.76. The lowest BCUT2D eigenvalue weighted by Crippen LogP contribution is -2.02. The molecule has 20 heavy (non-hydrogen) atoms. The molecular weight excluding hydrogens is 263 g/mol. The third kappa shape index (κ3) is 3.67. The first-order valence-electron chi connectivity index (χ1n) is 6.30. The van der Waals surface area contributed by atoms with Gasteiger partial charge in [0.1, 0.15) is 17.3 Å². The number of halogens is 1. The molecule has 1 aromatic carbocycles. The van der Waals surface area contributed by atoms with E-state index >= 15 is 0 Å². The molecule has 2 N–H and O–H groups in total. The molecule has 0 saturated heterocycles. The Bertz CT molecular complexity index is 559. The molecular formula is C13H17FN4O2. The van der Waals surface area contributed by atoms with Crippen molar-refractivity contribution in [3.63, 3.8) is 0 Å². The summed E-state index contributed by atoms with van der Waals surface area (Å²) >= 11 is 0. The van der Waals surface area contributed by atoms with E-state index in [9.17, 15) is 4.39 Å². The monoisotopic (exact) mass is 280 g/mol. The zero-order chi connectivity index (χ0) is 14.4. The van der Waals surface area contributed by atoms with Crippen LogP contribution in [0.5, 0.6) is 5.75 Å². The SMILES string of the molecule is COc1ccc(F)c(NCc2cn(CCCO)nn2)c1. The lowest BCUT2D eigenvalue weighted by molar-refractivity contribution is 0.276. The van der Waals surface area contributed by atoms with E-state index in [2.05, 4.69) is 15.6 Å².